The molecule has 0 aromatic heterocycles. The molecular formula is C13H24N2O3. The van der Waals surface area contributed by atoms with Crippen LogP contribution in [-0.2, 0) is 14.3 Å². The molecular weight excluding hydrogens is 232 g/mol. The SMILES string of the molecule is CC(CN(C)C1CCC2(CC1)OCCO2)C(N)=O. The van der Waals surface area contributed by atoms with Crippen LogP contribution in [0.4, 0.5) is 0 Å². The molecule has 5 heteroatoms. The van der Waals surface area contributed by atoms with Gasteiger partial charge in [0.15, 0.2) is 5.79 Å². The van der Waals surface area contributed by atoms with Crippen LogP contribution in [0.1, 0.15) is 32.6 Å². The van der Waals surface area contributed by atoms with Crippen LogP contribution in [0.25, 0.3) is 0 Å². The van der Waals surface area contributed by atoms with Crippen molar-refractivity contribution in [2.75, 3.05) is 26.8 Å². The van der Waals surface area contributed by atoms with Crippen LogP contribution in [0.5, 0.6) is 0 Å². The third kappa shape index (κ3) is 3.02. The number of rotatable bonds is 4. The Kier molecular flexibility index (Phi) is 4.25. The van der Waals surface area contributed by atoms with Crippen molar-refractivity contribution >= 4 is 5.91 Å². The van der Waals surface area contributed by atoms with E-state index in [2.05, 4.69) is 11.9 Å². The molecule has 18 heavy (non-hydrogen) atoms. The lowest BCUT2D eigenvalue weighted by Crippen LogP contribution is -2.45. The Morgan fingerprint density at radius 2 is 1.94 bits per heavy atom. The van der Waals surface area contributed by atoms with Gasteiger partial charge in [-0.25, -0.2) is 0 Å². The van der Waals surface area contributed by atoms with Gasteiger partial charge in [0.2, 0.25) is 5.91 Å². The zero-order chi connectivity index (χ0) is 13.2. The molecule has 0 aromatic carbocycles. The Morgan fingerprint density at radius 1 is 1.39 bits per heavy atom. The molecule has 1 atom stereocenters. The molecule has 1 heterocycles. The van der Waals surface area contributed by atoms with Crippen LogP contribution in [0.2, 0.25) is 0 Å². The van der Waals surface area contributed by atoms with Gasteiger partial charge in [-0.15, -0.1) is 0 Å². The van der Waals surface area contributed by atoms with Gasteiger partial charge in [0.1, 0.15) is 0 Å². The van der Waals surface area contributed by atoms with Crippen molar-refractivity contribution < 1.29 is 14.3 Å². The molecule has 1 aliphatic carbocycles. The molecule has 2 N–H and O–H groups in total. The largest absolute Gasteiger partial charge is 0.369 e. The van der Waals surface area contributed by atoms with E-state index in [-0.39, 0.29) is 17.6 Å². The predicted octanol–water partition coefficient (Wildman–Crippen LogP) is 0.725. The van der Waals surface area contributed by atoms with Crippen LogP contribution < -0.4 is 5.73 Å². The Balaban J connectivity index is 1.80. The summed E-state index contributed by atoms with van der Waals surface area (Å²) in [5.41, 5.74) is 5.30. The lowest BCUT2D eigenvalue weighted by molar-refractivity contribution is -0.183. The number of hydrogen-bond acceptors (Lipinski definition) is 4. The van der Waals surface area contributed by atoms with E-state index in [0.717, 1.165) is 45.4 Å². The second-order valence-corrected chi connectivity index (χ2v) is 5.58. The van der Waals surface area contributed by atoms with Crippen LogP contribution in [0, 0.1) is 5.92 Å². The molecule has 0 radical (unpaired) electrons. The molecule has 2 rings (SSSR count). The summed E-state index contributed by atoms with van der Waals surface area (Å²) in [5, 5.41) is 0. The van der Waals surface area contributed by atoms with Crippen molar-refractivity contribution in [2.45, 2.75) is 44.4 Å². The molecule has 1 amide bonds. The van der Waals surface area contributed by atoms with Crippen molar-refractivity contribution in [1.82, 2.24) is 4.90 Å². The van der Waals surface area contributed by atoms with Gasteiger partial charge in [-0.1, -0.05) is 6.92 Å². The van der Waals surface area contributed by atoms with E-state index >= 15 is 0 Å². The third-order valence-corrected chi connectivity index (χ3v) is 4.20. The Morgan fingerprint density at radius 3 is 2.44 bits per heavy atom. The summed E-state index contributed by atoms with van der Waals surface area (Å²) in [4.78, 5) is 13.3. The van der Waals surface area contributed by atoms with Crippen LogP contribution in [-0.4, -0.2) is 49.4 Å². The number of carbonyl (C=O) groups excluding carboxylic acids is 1. The summed E-state index contributed by atoms with van der Waals surface area (Å²) >= 11 is 0. The van der Waals surface area contributed by atoms with Crippen LogP contribution >= 0.6 is 0 Å². The second kappa shape index (κ2) is 5.55. The highest BCUT2D eigenvalue weighted by Crippen LogP contribution is 2.37. The lowest BCUT2D eigenvalue weighted by Gasteiger charge is -2.39. The summed E-state index contributed by atoms with van der Waals surface area (Å²) < 4.78 is 11.4. The maximum absolute atomic E-state index is 11.1. The molecule has 104 valence electrons. The average Bonchev–Trinajstić information content (AvgIpc) is 2.78. The highest BCUT2D eigenvalue weighted by Gasteiger charge is 2.41. The summed E-state index contributed by atoms with van der Waals surface area (Å²) in [7, 11) is 2.07. The van der Waals surface area contributed by atoms with E-state index in [1.807, 2.05) is 6.92 Å². The van der Waals surface area contributed by atoms with E-state index in [1.54, 1.807) is 0 Å². The van der Waals surface area contributed by atoms with E-state index in [1.165, 1.54) is 0 Å². The summed E-state index contributed by atoms with van der Waals surface area (Å²) in [6, 6.07) is 0.505. The van der Waals surface area contributed by atoms with Crippen LogP contribution in [0.15, 0.2) is 0 Å². The molecule has 1 saturated heterocycles. The molecule has 1 saturated carbocycles. The monoisotopic (exact) mass is 256 g/mol. The fourth-order valence-electron chi connectivity index (χ4n) is 2.94. The molecule has 5 nitrogen and oxygen atoms in total. The van der Waals surface area contributed by atoms with Gasteiger partial charge >= 0.3 is 0 Å². The van der Waals surface area contributed by atoms with Gasteiger partial charge in [0.05, 0.1) is 13.2 Å². The molecule has 1 unspecified atom stereocenters. The predicted molar refractivity (Wildman–Crippen MR) is 67.9 cm³/mol. The standard InChI is InChI=1S/C13H24N2O3/c1-10(12(14)16)9-15(2)11-3-5-13(6-4-11)17-7-8-18-13/h10-11H,3-9H2,1-2H3,(H2,14,16). The van der Waals surface area contributed by atoms with Gasteiger partial charge in [-0.3, -0.25) is 4.79 Å². The Bertz CT molecular complexity index is 293. The number of amides is 1. The third-order valence-electron chi connectivity index (χ3n) is 4.20. The second-order valence-electron chi connectivity index (χ2n) is 5.58. The van der Waals surface area contributed by atoms with E-state index in [4.69, 9.17) is 15.2 Å². The van der Waals surface area contributed by atoms with Crippen molar-refractivity contribution in [3.8, 4) is 0 Å². The van der Waals surface area contributed by atoms with Gasteiger partial charge in [0, 0.05) is 31.3 Å². The summed E-state index contributed by atoms with van der Waals surface area (Å²) in [6.07, 6.45) is 4.02. The van der Waals surface area contributed by atoms with Crippen molar-refractivity contribution in [2.24, 2.45) is 11.7 Å². The molecule has 0 aromatic rings. The van der Waals surface area contributed by atoms with Crippen molar-refractivity contribution in [3.05, 3.63) is 0 Å². The smallest absolute Gasteiger partial charge is 0.221 e. The minimum absolute atomic E-state index is 0.0927. The van der Waals surface area contributed by atoms with E-state index in [9.17, 15) is 4.79 Å². The lowest BCUT2D eigenvalue weighted by atomic mass is 9.89. The zero-order valence-corrected chi connectivity index (χ0v) is 11.4. The first-order valence-corrected chi connectivity index (χ1v) is 6.80. The highest BCUT2D eigenvalue weighted by molar-refractivity contribution is 5.76. The van der Waals surface area contributed by atoms with E-state index < -0.39 is 0 Å². The number of hydrogen-bond donors (Lipinski definition) is 1. The topological polar surface area (TPSA) is 64.8 Å². The van der Waals surface area contributed by atoms with Gasteiger partial charge in [-0.2, -0.15) is 0 Å². The maximum Gasteiger partial charge on any atom is 0.221 e. The summed E-state index contributed by atoms with van der Waals surface area (Å²) in [6.45, 7) is 4.06. The number of primary amides is 1. The van der Waals surface area contributed by atoms with Gasteiger partial charge in [-0.05, 0) is 19.9 Å². The first kappa shape index (κ1) is 13.8. The maximum atomic E-state index is 11.1. The average molecular weight is 256 g/mol. The summed E-state index contributed by atoms with van der Waals surface area (Å²) in [5.74, 6) is -0.617. The van der Waals surface area contributed by atoms with Crippen LogP contribution in [0.3, 0.4) is 0 Å². The Hall–Kier alpha value is -0.650. The Labute approximate surface area is 109 Å². The molecule has 1 aliphatic heterocycles. The number of nitrogens with two attached hydrogens (primary N) is 1. The fraction of sp³-hybridized carbons (Fsp3) is 0.923. The van der Waals surface area contributed by atoms with E-state index in [0.29, 0.717) is 6.04 Å². The van der Waals surface area contributed by atoms with Gasteiger partial charge in [0.25, 0.3) is 0 Å². The quantitative estimate of drug-likeness (QED) is 0.805. The first-order valence-electron chi connectivity index (χ1n) is 6.80. The van der Waals surface area contributed by atoms with Crippen molar-refractivity contribution in [3.63, 3.8) is 0 Å². The molecule has 2 fully saturated rings. The number of carbonyl (C=O) groups is 1. The number of nitrogens with zero attached hydrogens (tertiary/aromatic N) is 1. The number of ether oxygens (including phenoxy) is 2. The minimum Gasteiger partial charge on any atom is -0.369 e. The normalized spacial score (nSPS) is 25.7. The molecule has 2 aliphatic rings. The first-order chi connectivity index (χ1) is 8.52. The highest BCUT2D eigenvalue weighted by atomic mass is 16.7. The molecule has 1 spiro atoms. The molecule has 0 bridgehead atoms. The zero-order valence-electron chi connectivity index (χ0n) is 11.4. The minimum atomic E-state index is -0.299. The van der Waals surface area contributed by atoms with Crippen molar-refractivity contribution in [1.29, 1.82) is 0 Å². The fourth-order valence-corrected chi connectivity index (χ4v) is 2.94. The van der Waals surface area contributed by atoms with Gasteiger partial charge < -0.3 is 20.1 Å².